The van der Waals surface area contributed by atoms with Crippen molar-refractivity contribution in [2.75, 3.05) is 25.0 Å². The topological polar surface area (TPSA) is 67.4 Å². The van der Waals surface area contributed by atoms with Crippen LogP contribution >= 0.6 is 0 Å². The van der Waals surface area contributed by atoms with Crippen molar-refractivity contribution in [2.45, 2.75) is 31.1 Å². The molecule has 1 unspecified atom stereocenters. The number of hydrogen-bond acceptors (Lipinski definition) is 4. The Bertz CT molecular complexity index is 539. The summed E-state index contributed by atoms with van der Waals surface area (Å²) in [5.74, 6) is 0. The molecule has 1 aromatic carbocycles. The molecular weight excluding hydrogens is 276 g/mol. The van der Waals surface area contributed by atoms with Gasteiger partial charge in [-0.25, -0.2) is 8.42 Å². The van der Waals surface area contributed by atoms with E-state index in [2.05, 4.69) is 10.0 Å². The smallest absolute Gasteiger partial charge is 0.235 e. The molecule has 0 aromatic heterocycles. The van der Waals surface area contributed by atoms with Crippen molar-refractivity contribution in [3.8, 4) is 0 Å². The average Bonchev–Trinajstić information content (AvgIpc) is 2.47. The lowest BCUT2D eigenvalue weighted by Gasteiger charge is -2.24. The van der Waals surface area contributed by atoms with Gasteiger partial charge in [0.25, 0.3) is 0 Å². The van der Waals surface area contributed by atoms with Crippen molar-refractivity contribution in [2.24, 2.45) is 0 Å². The molecule has 112 valence electrons. The third-order valence-electron chi connectivity index (χ3n) is 3.72. The molecule has 1 atom stereocenters. The van der Waals surface area contributed by atoms with Crippen molar-refractivity contribution in [1.82, 2.24) is 5.32 Å². The van der Waals surface area contributed by atoms with Crippen molar-refractivity contribution in [1.29, 1.82) is 0 Å². The predicted molar refractivity (Wildman–Crippen MR) is 80.3 cm³/mol. The van der Waals surface area contributed by atoms with Gasteiger partial charge >= 0.3 is 0 Å². The Labute approximate surface area is 120 Å². The minimum atomic E-state index is -3.36. The van der Waals surface area contributed by atoms with E-state index in [0.29, 0.717) is 31.7 Å². The molecule has 1 heterocycles. The van der Waals surface area contributed by atoms with Crippen LogP contribution in [-0.2, 0) is 14.8 Å². The molecule has 0 spiro atoms. The van der Waals surface area contributed by atoms with Gasteiger partial charge in [-0.05, 0) is 38.4 Å². The summed E-state index contributed by atoms with van der Waals surface area (Å²) in [6.07, 6.45) is 1.11. The molecule has 0 amide bonds. The van der Waals surface area contributed by atoms with Gasteiger partial charge in [-0.15, -0.1) is 0 Å². The average molecular weight is 298 g/mol. The van der Waals surface area contributed by atoms with Gasteiger partial charge in [0.1, 0.15) is 0 Å². The zero-order chi connectivity index (χ0) is 14.6. The van der Waals surface area contributed by atoms with Gasteiger partial charge in [0, 0.05) is 19.3 Å². The highest BCUT2D eigenvalue weighted by Crippen LogP contribution is 2.25. The van der Waals surface area contributed by atoms with Gasteiger partial charge in [0.15, 0.2) is 0 Å². The van der Waals surface area contributed by atoms with Gasteiger partial charge < -0.3 is 10.1 Å². The molecule has 1 aliphatic heterocycles. The Morgan fingerprint density at radius 2 is 1.90 bits per heavy atom. The maximum absolute atomic E-state index is 12.4. The molecule has 2 rings (SSSR count). The molecule has 1 aliphatic rings. The molecule has 0 saturated carbocycles. The summed E-state index contributed by atoms with van der Waals surface area (Å²) in [6, 6.07) is 7.58. The number of para-hydroxylation sites is 1. The zero-order valence-electron chi connectivity index (χ0n) is 11.9. The minimum Gasteiger partial charge on any atom is -0.381 e. The summed E-state index contributed by atoms with van der Waals surface area (Å²) in [4.78, 5) is 0. The van der Waals surface area contributed by atoms with Crippen molar-refractivity contribution in [3.63, 3.8) is 0 Å². The molecule has 1 saturated heterocycles. The molecule has 1 aromatic rings. The van der Waals surface area contributed by atoms with E-state index in [9.17, 15) is 8.42 Å². The first-order valence-corrected chi connectivity index (χ1v) is 8.45. The second kappa shape index (κ2) is 6.56. The Balaban J connectivity index is 2.20. The third kappa shape index (κ3) is 3.50. The number of hydrogen-bond donors (Lipinski definition) is 2. The van der Waals surface area contributed by atoms with Crippen molar-refractivity contribution in [3.05, 3.63) is 29.8 Å². The third-order valence-corrected chi connectivity index (χ3v) is 5.57. The molecule has 6 heteroatoms. The monoisotopic (exact) mass is 298 g/mol. The van der Waals surface area contributed by atoms with Gasteiger partial charge in [-0.1, -0.05) is 18.2 Å². The zero-order valence-corrected chi connectivity index (χ0v) is 12.7. The summed E-state index contributed by atoms with van der Waals surface area (Å²) in [5, 5.41) is 2.77. The van der Waals surface area contributed by atoms with E-state index in [4.69, 9.17) is 4.74 Å². The molecular formula is C14H22N2O3S. The standard InChI is InChI=1S/C14H22N2O3S/c1-11(15-2)13-5-3-4-6-14(13)16-20(17,18)12-7-9-19-10-8-12/h3-6,11-12,15-16H,7-10H2,1-2H3. The number of anilines is 1. The van der Waals surface area contributed by atoms with Crippen LogP contribution in [0.25, 0.3) is 0 Å². The molecule has 2 N–H and O–H groups in total. The highest BCUT2D eigenvalue weighted by Gasteiger charge is 2.28. The largest absolute Gasteiger partial charge is 0.381 e. The molecule has 0 bridgehead atoms. The lowest BCUT2D eigenvalue weighted by molar-refractivity contribution is 0.0984. The Morgan fingerprint density at radius 3 is 2.55 bits per heavy atom. The van der Waals surface area contributed by atoms with Gasteiger partial charge in [-0.2, -0.15) is 0 Å². The second-order valence-electron chi connectivity index (χ2n) is 5.06. The van der Waals surface area contributed by atoms with E-state index in [-0.39, 0.29) is 11.3 Å². The Morgan fingerprint density at radius 1 is 1.25 bits per heavy atom. The quantitative estimate of drug-likeness (QED) is 0.871. The van der Waals surface area contributed by atoms with Gasteiger partial charge in [0.2, 0.25) is 10.0 Å². The molecule has 5 nitrogen and oxygen atoms in total. The van der Waals surface area contributed by atoms with E-state index in [1.54, 1.807) is 6.07 Å². The predicted octanol–water partition coefficient (Wildman–Crippen LogP) is 1.89. The molecule has 20 heavy (non-hydrogen) atoms. The van der Waals surface area contributed by atoms with Crippen LogP contribution in [0.4, 0.5) is 5.69 Å². The fourth-order valence-electron chi connectivity index (χ4n) is 2.35. The van der Waals surface area contributed by atoms with Gasteiger partial charge in [0.05, 0.1) is 10.9 Å². The summed E-state index contributed by atoms with van der Waals surface area (Å²) >= 11 is 0. The number of ether oxygens (including phenoxy) is 1. The fourth-order valence-corrected chi connectivity index (χ4v) is 3.82. The van der Waals surface area contributed by atoms with Crippen LogP contribution in [0.1, 0.15) is 31.4 Å². The van der Waals surface area contributed by atoms with Crippen LogP contribution in [0.15, 0.2) is 24.3 Å². The lowest BCUT2D eigenvalue weighted by atomic mass is 10.1. The van der Waals surface area contributed by atoms with Crippen LogP contribution in [0.3, 0.4) is 0 Å². The van der Waals surface area contributed by atoms with Crippen molar-refractivity contribution < 1.29 is 13.2 Å². The van der Waals surface area contributed by atoms with Crippen LogP contribution in [0.5, 0.6) is 0 Å². The van der Waals surface area contributed by atoms with E-state index < -0.39 is 10.0 Å². The second-order valence-corrected chi connectivity index (χ2v) is 7.02. The number of benzene rings is 1. The lowest BCUT2D eigenvalue weighted by Crippen LogP contribution is -2.33. The van der Waals surface area contributed by atoms with E-state index in [1.165, 1.54) is 0 Å². The first-order chi connectivity index (χ1) is 9.54. The van der Waals surface area contributed by atoms with Crippen LogP contribution in [0.2, 0.25) is 0 Å². The number of rotatable bonds is 5. The fraction of sp³-hybridized carbons (Fsp3) is 0.571. The molecule has 0 aliphatic carbocycles. The Hall–Kier alpha value is -1.11. The Kier molecular flexibility index (Phi) is 5.01. The molecule has 1 fully saturated rings. The number of sulfonamides is 1. The van der Waals surface area contributed by atoms with Crippen LogP contribution < -0.4 is 10.0 Å². The summed E-state index contributed by atoms with van der Waals surface area (Å²) < 4.78 is 32.8. The maximum atomic E-state index is 12.4. The minimum absolute atomic E-state index is 0.0867. The van der Waals surface area contributed by atoms with Gasteiger partial charge in [-0.3, -0.25) is 4.72 Å². The van der Waals surface area contributed by atoms with Crippen LogP contribution in [-0.4, -0.2) is 33.9 Å². The first-order valence-electron chi connectivity index (χ1n) is 6.90. The SMILES string of the molecule is CNC(C)c1ccccc1NS(=O)(=O)C1CCOCC1. The highest BCUT2D eigenvalue weighted by atomic mass is 32.2. The highest BCUT2D eigenvalue weighted by molar-refractivity contribution is 7.93. The van der Waals surface area contributed by atoms with E-state index in [0.717, 1.165) is 5.56 Å². The number of nitrogens with one attached hydrogen (secondary N) is 2. The van der Waals surface area contributed by atoms with E-state index >= 15 is 0 Å². The normalized spacial score (nSPS) is 18.7. The molecule has 0 radical (unpaired) electrons. The van der Waals surface area contributed by atoms with Crippen molar-refractivity contribution >= 4 is 15.7 Å². The van der Waals surface area contributed by atoms with Crippen LogP contribution in [0, 0.1) is 0 Å². The maximum Gasteiger partial charge on any atom is 0.235 e. The first kappa shape index (κ1) is 15.3. The summed E-state index contributed by atoms with van der Waals surface area (Å²) in [5.41, 5.74) is 1.60. The summed E-state index contributed by atoms with van der Waals surface area (Å²) in [6.45, 7) is 3.03. The summed E-state index contributed by atoms with van der Waals surface area (Å²) in [7, 11) is -1.50. The van der Waals surface area contributed by atoms with E-state index in [1.807, 2.05) is 32.2 Å².